The van der Waals surface area contributed by atoms with Gasteiger partial charge in [0.2, 0.25) is 0 Å². The van der Waals surface area contributed by atoms with Gasteiger partial charge in [0.05, 0.1) is 6.61 Å². The normalized spacial score (nSPS) is 11.2. The maximum absolute atomic E-state index is 13.3. The zero-order valence-electron chi connectivity index (χ0n) is 11.8. The van der Waals surface area contributed by atoms with Gasteiger partial charge in [0.1, 0.15) is 5.82 Å². The molecule has 4 nitrogen and oxygen atoms in total. The molecule has 0 radical (unpaired) electrons. The van der Waals surface area contributed by atoms with Crippen molar-refractivity contribution in [3.05, 3.63) is 29.8 Å². The summed E-state index contributed by atoms with van der Waals surface area (Å²) in [7, 11) is 0. The van der Waals surface area contributed by atoms with Crippen molar-refractivity contribution in [1.82, 2.24) is 4.90 Å². The maximum Gasteiger partial charge on any atom is 0.407 e. The molecule has 0 atom stereocenters. The molecule has 0 fully saturated rings. The number of benzene rings is 1. The van der Waals surface area contributed by atoms with Crippen LogP contribution in [-0.4, -0.2) is 34.8 Å². The fourth-order valence-electron chi connectivity index (χ4n) is 1.71. The van der Waals surface area contributed by atoms with E-state index >= 15 is 0 Å². The van der Waals surface area contributed by atoms with Gasteiger partial charge in [-0.05, 0) is 39.3 Å². The number of nitrogens with zero attached hydrogens (tertiary/aromatic N) is 1. The van der Waals surface area contributed by atoms with Gasteiger partial charge >= 0.3 is 6.09 Å². The Labute approximate surface area is 117 Å². The fourth-order valence-corrected chi connectivity index (χ4v) is 1.71. The minimum absolute atomic E-state index is 0.111. The van der Waals surface area contributed by atoms with E-state index in [-0.39, 0.29) is 18.9 Å². The molecule has 1 aromatic carbocycles. The number of ether oxygens (including phenoxy) is 1. The zero-order chi connectivity index (χ0) is 15.3. The number of carboxylic acid groups (broad SMARTS) is 1. The summed E-state index contributed by atoms with van der Waals surface area (Å²) in [6.07, 6.45) is -0.631. The molecule has 20 heavy (non-hydrogen) atoms. The Balaban J connectivity index is 2.48. The second-order valence-corrected chi connectivity index (χ2v) is 5.38. The van der Waals surface area contributed by atoms with Crippen LogP contribution in [0.15, 0.2) is 18.2 Å². The quantitative estimate of drug-likeness (QED) is 0.843. The van der Waals surface area contributed by atoms with E-state index in [0.29, 0.717) is 6.42 Å². The highest BCUT2D eigenvalue weighted by Gasteiger charge is 2.25. The van der Waals surface area contributed by atoms with Crippen LogP contribution in [0.25, 0.3) is 0 Å². The van der Waals surface area contributed by atoms with Gasteiger partial charge in [0.25, 0.3) is 0 Å². The Morgan fingerprint density at radius 2 is 2.00 bits per heavy atom. The molecule has 0 spiro atoms. The average molecular weight is 287 g/mol. The molecule has 0 saturated carbocycles. The molecule has 1 rings (SSSR count). The molecule has 1 N–H and O–H groups in total. The molecule has 0 heterocycles. The van der Waals surface area contributed by atoms with E-state index in [1.807, 2.05) is 0 Å². The van der Waals surface area contributed by atoms with Crippen LogP contribution in [-0.2, 0) is 0 Å². The van der Waals surface area contributed by atoms with Crippen molar-refractivity contribution in [3.8, 4) is 5.75 Å². The van der Waals surface area contributed by atoms with Crippen molar-refractivity contribution in [3.63, 3.8) is 0 Å². The third-order valence-electron chi connectivity index (χ3n) is 2.72. The van der Waals surface area contributed by atoms with Crippen LogP contribution in [0.4, 0.5) is 13.6 Å². The molecular weight excluding hydrogens is 268 g/mol. The summed E-state index contributed by atoms with van der Waals surface area (Å²) >= 11 is 0. The van der Waals surface area contributed by atoms with Crippen LogP contribution in [0.1, 0.15) is 27.2 Å². The van der Waals surface area contributed by atoms with E-state index < -0.39 is 23.3 Å². The molecule has 1 aromatic rings. The smallest absolute Gasteiger partial charge is 0.407 e. The molecular formula is C14H19F2NO3. The fraction of sp³-hybridized carbons (Fsp3) is 0.500. The summed E-state index contributed by atoms with van der Waals surface area (Å²) in [6.45, 7) is 5.73. The molecule has 0 aromatic heterocycles. The predicted molar refractivity (Wildman–Crippen MR) is 71.0 cm³/mol. The lowest BCUT2D eigenvalue weighted by atomic mass is 10.1. The van der Waals surface area contributed by atoms with Crippen molar-refractivity contribution in [1.29, 1.82) is 0 Å². The van der Waals surface area contributed by atoms with Crippen LogP contribution in [0.3, 0.4) is 0 Å². The van der Waals surface area contributed by atoms with Gasteiger partial charge in [0.15, 0.2) is 11.6 Å². The van der Waals surface area contributed by atoms with Gasteiger partial charge in [-0.3, -0.25) is 0 Å². The summed E-state index contributed by atoms with van der Waals surface area (Å²) in [5.74, 6) is -1.39. The summed E-state index contributed by atoms with van der Waals surface area (Å²) in [5, 5.41) is 9.08. The highest BCUT2D eigenvalue weighted by molar-refractivity contribution is 5.65. The number of rotatable bonds is 5. The minimum atomic E-state index is -1.02. The first-order chi connectivity index (χ1) is 9.21. The zero-order valence-corrected chi connectivity index (χ0v) is 11.8. The van der Waals surface area contributed by atoms with Gasteiger partial charge in [-0.1, -0.05) is 0 Å². The third kappa shape index (κ3) is 4.68. The van der Waals surface area contributed by atoms with Crippen molar-refractivity contribution in [2.45, 2.75) is 32.7 Å². The van der Waals surface area contributed by atoms with Crippen LogP contribution in [0, 0.1) is 11.6 Å². The molecule has 0 aliphatic heterocycles. The molecule has 112 valence electrons. The first-order valence-electron chi connectivity index (χ1n) is 6.30. The largest absolute Gasteiger partial charge is 0.490 e. The summed E-state index contributed by atoms with van der Waals surface area (Å²) in [5.41, 5.74) is -0.518. The molecule has 0 bridgehead atoms. The van der Waals surface area contributed by atoms with Gasteiger partial charge in [0, 0.05) is 18.2 Å². The second kappa shape index (κ2) is 6.54. The number of hydrogen-bond acceptors (Lipinski definition) is 2. The maximum atomic E-state index is 13.3. The lowest BCUT2D eigenvalue weighted by molar-refractivity contribution is 0.0960. The van der Waals surface area contributed by atoms with Crippen LogP contribution >= 0.6 is 0 Å². The van der Waals surface area contributed by atoms with E-state index in [9.17, 15) is 13.6 Å². The Bertz CT molecular complexity index is 472. The lowest BCUT2D eigenvalue weighted by Crippen LogP contribution is -2.45. The van der Waals surface area contributed by atoms with Crippen molar-refractivity contribution in [2.24, 2.45) is 0 Å². The van der Waals surface area contributed by atoms with Gasteiger partial charge in [-0.2, -0.15) is 0 Å². The van der Waals surface area contributed by atoms with Gasteiger partial charge < -0.3 is 14.7 Å². The topological polar surface area (TPSA) is 49.8 Å². The lowest BCUT2D eigenvalue weighted by Gasteiger charge is -2.33. The van der Waals surface area contributed by atoms with Crippen molar-refractivity contribution >= 4 is 6.09 Å². The Kier molecular flexibility index (Phi) is 5.30. The Morgan fingerprint density at radius 1 is 1.35 bits per heavy atom. The average Bonchev–Trinajstić information content (AvgIpc) is 2.31. The van der Waals surface area contributed by atoms with E-state index in [2.05, 4.69) is 0 Å². The number of amides is 1. The molecule has 1 amide bonds. The number of halogens is 2. The van der Waals surface area contributed by atoms with Crippen molar-refractivity contribution < 1.29 is 23.4 Å². The van der Waals surface area contributed by atoms with Gasteiger partial charge in [-0.25, -0.2) is 13.6 Å². The molecule has 0 aliphatic rings. The standard InChI is InChI=1S/C14H19F2NO3/c1-14(2,3)17(13(18)19)7-4-8-20-12-9-10(15)5-6-11(12)16/h5-6,9H,4,7-8H2,1-3H3,(H,18,19). The van der Waals surface area contributed by atoms with Gasteiger partial charge in [-0.15, -0.1) is 0 Å². The van der Waals surface area contributed by atoms with E-state index in [1.54, 1.807) is 20.8 Å². The summed E-state index contributed by atoms with van der Waals surface area (Å²) in [6, 6.07) is 2.96. The molecule has 0 aliphatic carbocycles. The van der Waals surface area contributed by atoms with Crippen LogP contribution in [0.2, 0.25) is 0 Å². The molecule has 6 heteroatoms. The highest BCUT2D eigenvalue weighted by atomic mass is 19.1. The number of hydrogen-bond donors (Lipinski definition) is 1. The first-order valence-corrected chi connectivity index (χ1v) is 6.30. The Hall–Kier alpha value is -1.85. The third-order valence-corrected chi connectivity index (χ3v) is 2.72. The van der Waals surface area contributed by atoms with E-state index in [1.165, 1.54) is 4.90 Å². The second-order valence-electron chi connectivity index (χ2n) is 5.38. The highest BCUT2D eigenvalue weighted by Crippen LogP contribution is 2.18. The minimum Gasteiger partial charge on any atom is -0.490 e. The van der Waals surface area contributed by atoms with Crippen LogP contribution in [0.5, 0.6) is 5.75 Å². The molecule has 0 unspecified atom stereocenters. The van der Waals surface area contributed by atoms with Crippen LogP contribution < -0.4 is 4.74 Å². The summed E-state index contributed by atoms with van der Waals surface area (Å²) in [4.78, 5) is 12.4. The van der Waals surface area contributed by atoms with E-state index in [4.69, 9.17) is 9.84 Å². The predicted octanol–water partition coefficient (Wildman–Crippen LogP) is 3.51. The number of carbonyl (C=O) groups is 1. The molecule has 0 saturated heterocycles. The van der Waals surface area contributed by atoms with E-state index in [0.717, 1.165) is 18.2 Å². The van der Waals surface area contributed by atoms with Crippen molar-refractivity contribution in [2.75, 3.05) is 13.2 Å². The summed E-state index contributed by atoms with van der Waals surface area (Å²) < 4.78 is 31.3. The first kappa shape index (κ1) is 16.2. The SMILES string of the molecule is CC(C)(C)N(CCCOc1cc(F)ccc1F)C(=O)O. The Morgan fingerprint density at radius 3 is 2.55 bits per heavy atom. The monoisotopic (exact) mass is 287 g/mol.